The molecule has 1 rings (SSSR count). The molecular formula is C15H24BrNS. The standard InChI is InChI=1S/C15H24BrNS/c1-5-6-9-18-14-8-7-12(10-13(14)16)11-17-15(2,3)4/h7-8,10,17H,5-6,9,11H2,1-4H3. The van der Waals surface area contributed by atoms with Crippen molar-refractivity contribution in [2.75, 3.05) is 5.75 Å². The predicted octanol–water partition coefficient (Wildman–Crippen LogP) is 5.23. The van der Waals surface area contributed by atoms with Gasteiger partial charge in [0.15, 0.2) is 0 Å². The van der Waals surface area contributed by atoms with E-state index in [1.807, 2.05) is 11.8 Å². The molecule has 0 aliphatic carbocycles. The predicted molar refractivity (Wildman–Crippen MR) is 86.4 cm³/mol. The number of benzene rings is 1. The number of halogens is 1. The maximum absolute atomic E-state index is 3.67. The second-order valence-electron chi connectivity index (χ2n) is 5.57. The first-order chi connectivity index (χ1) is 8.42. The van der Waals surface area contributed by atoms with E-state index < -0.39 is 0 Å². The van der Waals surface area contributed by atoms with Gasteiger partial charge in [-0.15, -0.1) is 11.8 Å². The molecule has 1 aromatic rings. The van der Waals surface area contributed by atoms with Crippen LogP contribution in [0, 0.1) is 0 Å². The van der Waals surface area contributed by atoms with Gasteiger partial charge in [0.2, 0.25) is 0 Å². The summed E-state index contributed by atoms with van der Waals surface area (Å²) >= 11 is 5.61. The van der Waals surface area contributed by atoms with Gasteiger partial charge >= 0.3 is 0 Å². The van der Waals surface area contributed by atoms with Gasteiger partial charge in [0.1, 0.15) is 0 Å². The zero-order valence-electron chi connectivity index (χ0n) is 11.8. The molecule has 0 aliphatic heterocycles. The number of hydrogen-bond donors (Lipinski definition) is 1. The van der Waals surface area contributed by atoms with Crippen molar-refractivity contribution in [2.24, 2.45) is 0 Å². The molecule has 3 heteroatoms. The van der Waals surface area contributed by atoms with Gasteiger partial charge in [-0.2, -0.15) is 0 Å². The van der Waals surface area contributed by atoms with Gasteiger partial charge in [-0.1, -0.05) is 19.4 Å². The van der Waals surface area contributed by atoms with Gasteiger partial charge in [0.05, 0.1) is 0 Å². The van der Waals surface area contributed by atoms with Crippen LogP contribution in [0.3, 0.4) is 0 Å². The average molecular weight is 330 g/mol. The van der Waals surface area contributed by atoms with Gasteiger partial charge in [0.25, 0.3) is 0 Å². The van der Waals surface area contributed by atoms with Crippen molar-refractivity contribution >= 4 is 27.7 Å². The third kappa shape index (κ3) is 6.26. The Morgan fingerprint density at radius 1 is 1.28 bits per heavy atom. The summed E-state index contributed by atoms with van der Waals surface area (Å²) in [4.78, 5) is 1.35. The fraction of sp³-hybridized carbons (Fsp3) is 0.600. The van der Waals surface area contributed by atoms with E-state index in [9.17, 15) is 0 Å². The van der Waals surface area contributed by atoms with Crippen LogP contribution >= 0.6 is 27.7 Å². The van der Waals surface area contributed by atoms with Gasteiger partial charge < -0.3 is 5.32 Å². The van der Waals surface area contributed by atoms with Gasteiger partial charge in [0, 0.05) is 21.5 Å². The molecule has 0 bridgehead atoms. The monoisotopic (exact) mass is 329 g/mol. The summed E-state index contributed by atoms with van der Waals surface area (Å²) in [6, 6.07) is 6.68. The summed E-state index contributed by atoms with van der Waals surface area (Å²) in [5.74, 6) is 1.20. The molecule has 102 valence electrons. The number of hydrogen-bond acceptors (Lipinski definition) is 2. The lowest BCUT2D eigenvalue weighted by Gasteiger charge is -2.20. The minimum atomic E-state index is 0.168. The van der Waals surface area contributed by atoms with Crippen molar-refractivity contribution in [1.82, 2.24) is 5.32 Å². The summed E-state index contributed by atoms with van der Waals surface area (Å²) in [5, 5.41) is 3.51. The molecule has 0 unspecified atom stereocenters. The van der Waals surface area contributed by atoms with Crippen LogP contribution in [0.25, 0.3) is 0 Å². The first-order valence-electron chi connectivity index (χ1n) is 6.58. The van der Waals surface area contributed by atoms with Crippen LogP contribution in [0.5, 0.6) is 0 Å². The molecule has 1 nitrogen and oxygen atoms in total. The molecule has 0 saturated heterocycles. The van der Waals surface area contributed by atoms with Gasteiger partial charge in [-0.25, -0.2) is 0 Å². The SMILES string of the molecule is CCCCSc1ccc(CNC(C)(C)C)cc1Br. The number of unbranched alkanes of at least 4 members (excludes halogenated alkanes) is 1. The molecule has 0 atom stereocenters. The number of nitrogens with one attached hydrogen (secondary N) is 1. The minimum absolute atomic E-state index is 0.168. The lowest BCUT2D eigenvalue weighted by molar-refractivity contribution is 0.424. The van der Waals surface area contributed by atoms with Crippen molar-refractivity contribution in [2.45, 2.75) is 57.5 Å². The maximum Gasteiger partial charge on any atom is 0.0314 e. The highest BCUT2D eigenvalue weighted by Gasteiger charge is 2.09. The van der Waals surface area contributed by atoms with E-state index in [2.05, 4.69) is 67.1 Å². The van der Waals surface area contributed by atoms with Crippen LogP contribution in [0.4, 0.5) is 0 Å². The molecule has 0 aliphatic rings. The van der Waals surface area contributed by atoms with Crippen LogP contribution in [0.1, 0.15) is 46.1 Å². The fourth-order valence-corrected chi connectivity index (χ4v) is 3.25. The maximum atomic E-state index is 3.67. The molecule has 1 N–H and O–H groups in total. The quantitative estimate of drug-likeness (QED) is 0.566. The van der Waals surface area contributed by atoms with Crippen LogP contribution in [0.15, 0.2) is 27.6 Å². The zero-order valence-corrected chi connectivity index (χ0v) is 14.2. The molecule has 0 spiro atoms. The molecule has 0 heterocycles. The van der Waals surface area contributed by atoms with Crippen molar-refractivity contribution in [3.63, 3.8) is 0 Å². The van der Waals surface area contributed by atoms with Crippen LogP contribution in [-0.2, 0) is 6.54 Å². The zero-order chi connectivity index (χ0) is 13.6. The third-order valence-corrected chi connectivity index (χ3v) is 4.65. The van der Waals surface area contributed by atoms with E-state index in [-0.39, 0.29) is 5.54 Å². The smallest absolute Gasteiger partial charge is 0.0314 e. The molecule has 0 saturated carbocycles. The average Bonchev–Trinajstić information content (AvgIpc) is 2.28. The Bertz CT molecular complexity index is 371. The summed E-state index contributed by atoms with van der Waals surface area (Å²) in [7, 11) is 0. The summed E-state index contributed by atoms with van der Waals surface area (Å²) in [5.41, 5.74) is 1.50. The third-order valence-electron chi connectivity index (χ3n) is 2.57. The molecular weight excluding hydrogens is 306 g/mol. The van der Waals surface area contributed by atoms with Gasteiger partial charge in [-0.05, 0) is 66.6 Å². The Hall–Kier alpha value is 0.01000. The molecule has 0 radical (unpaired) electrons. The number of thioether (sulfide) groups is 1. The summed E-state index contributed by atoms with van der Waals surface area (Å²) in [6.07, 6.45) is 2.54. The first kappa shape index (κ1) is 16.1. The van der Waals surface area contributed by atoms with Crippen LogP contribution in [0.2, 0.25) is 0 Å². The van der Waals surface area contributed by atoms with Crippen molar-refractivity contribution < 1.29 is 0 Å². The Kier molecular flexibility index (Phi) is 6.75. The van der Waals surface area contributed by atoms with Crippen LogP contribution < -0.4 is 5.32 Å². The Morgan fingerprint density at radius 2 is 2.00 bits per heavy atom. The van der Waals surface area contributed by atoms with E-state index in [0.29, 0.717) is 0 Å². The molecule has 18 heavy (non-hydrogen) atoms. The van der Waals surface area contributed by atoms with Crippen molar-refractivity contribution in [1.29, 1.82) is 0 Å². The largest absolute Gasteiger partial charge is 0.308 e. The topological polar surface area (TPSA) is 12.0 Å². The number of rotatable bonds is 6. The second-order valence-corrected chi connectivity index (χ2v) is 7.56. The lowest BCUT2D eigenvalue weighted by atomic mass is 10.1. The fourth-order valence-electron chi connectivity index (χ4n) is 1.47. The van der Waals surface area contributed by atoms with Crippen molar-refractivity contribution in [3.05, 3.63) is 28.2 Å². The lowest BCUT2D eigenvalue weighted by Crippen LogP contribution is -2.35. The second kappa shape index (κ2) is 7.56. The van der Waals surface area contributed by atoms with E-state index in [4.69, 9.17) is 0 Å². The Labute approximate surface area is 124 Å². The molecule has 0 aromatic heterocycles. The Balaban J connectivity index is 2.56. The van der Waals surface area contributed by atoms with Crippen LogP contribution in [-0.4, -0.2) is 11.3 Å². The van der Waals surface area contributed by atoms with Crippen molar-refractivity contribution in [3.8, 4) is 0 Å². The van der Waals surface area contributed by atoms with E-state index in [1.54, 1.807) is 0 Å². The molecule has 0 amide bonds. The first-order valence-corrected chi connectivity index (χ1v) is 8.36. The van der Waals surface area contributed by atoms with E-state index in [1.165, 1.54) is 33.5 Å². The normalized spacial score (nSPS) is 11.8. The highest BCUT2D eigenvalue weighted by Crippen LogP contribution is 2.29. The summed E-state index contributed by atoms with van der Waals surface area (Å²) < 4.78 is 1.22. The summed E-state index contributed by atoms with van der Waals surface area (Å²) in [6.45, 7) is 9.73. The molecule has 1 aromatic carbocycles. The highest BCUT2D eigenvalue weighted by atomic mass is 79.9. The van der Waals surface area contributed by atoms with E-state index in [0.717, 1.165) is 6.54 Å². The highest BCUT2D eigenvalue weighted by molar-refractivity contribution is 9.10. The van der Waals surface area contributed by atoms with E-state index >= 15 is 0 Å². The Morgan fingerprint density at radius 3 is 2.56 bits per heavy atom. The molecule has 0 fully saturated rings. The minimum Gasteiger partial charge on any atom is -0.308 e. The van der Waals surface area contributed by atoms with Gasteiger partial charge in [-0.3, -0.25) is 0 Å².